The summed E-state index contributed by atoms with van der Waals surface area (Å²) in [5.41, 5.74) is 3.43. The van der Waals surface area contributed by atoms with Crippen LogP contribution in [-0.2, 0) is 22.4 Å². The fourth-order valence-corrected chi connectivity index (χ4v) is 3.37. The van der Waals surface area contributed by atoms with E-state index < -0.39 is 5.97 Å². The highest BCUT2D eigenvalue weighted by molar-refractivity contribution is 6.34. The number of carbonyl (C=O) groups excluding carboxylic acids is 2. The molecular weight excluding hydrogens is 366 g/mol. The molecule has 27 heavy (non-hydrogen) atoms. The molecule has 3 rings (SSSR count). The van der Waals surface area contributed by atoms with E-state index in [-0.39, 0.29) is 29.7 Å². The number of aryl methyl sites for hydroxylation is 2. The third-order valence-electron chi connectivity index (χ3n) is 4.44. The number of hydrogen-bond acceptors (Lipinski definition) is 4. The third kappa shape index (κ3) is 5.01. The fraction of sp³-hybridized carbons (Fsp3) is 0.333. The molecule has 2 aromatic rings. The molecule has 1 aliphatic rings. The van der Waals surface area contributed by atoms with Crippen molar-refractivity contribution < 1.29 is 19.1 Å². The Labute approximate surface area is 163 Å². The SMILES string of the molecule is CCOC(=O)c1ccc(NC(=O)COc2ccc3c(c2)CCCC3)cc1Cl. The first kappa shape index (κ1) is 19.2. The van der Waals surface area contributed by atoms with Crippen LogP contribution in [0.2, 0.25) is 5.02 Å². The normalized spacial score (nSPS) is 12.8. The lowest BCUT2D eigenvalue weighted by molar-refractivity contribution is -0.118. The van der Waals surface area contributed by atoms with Gasteiger partial charge in [0.1, 0.15) is 5.75 Å². The molecule has 0 aromatic heterocycles. The van der Waals surface area contributed by atoms with Crippen LogP contribution < -0.4 is 10.1 Å². The first-order valence-electron chi connectivity index (χ1n) is 9.08. The van der Waals surface area contributed by atoms with E-state index in [2.05, 4.69) is 11.4 Å². The summed E-state index contributed by atoms with van der Waals surface area (Å²) >= 11 is 6.10. The van der Waals surface area contributed by atoms with Crippen molar-refractivity contribution >= 4 is 29.2 Å². The smallest absolute Gasteiger partial charge is 0.339 e. The maximum absolute atomic E-state index is 12.1. The van der Waals surface area contributed by atoms with E-state index in [9.17, 15) is 9.59 Å². The number of ether oxygens (including phenoxy) is 2. The molecule has 0 bridgehead atoms. The molecule has 1 N–H and O–H groups in total. The van der Waals surface area contributed by atoms with Crippen molar-refractivity contribution in [3.05, 3.63) is 58.1 Å². The van der Waals surface area contributed by atoms with Crippen molar-refractivity contribution in [3.63, 3.8) is 0 Å². The number of esters is 1. The Balaban J connectivity index is 1.56. The monoisotopic (exact) mass is 387 g/mol. The highest BCUT2D eigenvalue weighted by atomic mass is 35.5. The molecule has 0 saturated carbocycles. The number of fused-ring (bicyclic) bond motifs is 1. The van der Waals surface area contributed by atoms with Gasteiger partial charge in [-0.15, -0.1) is 0 Å². The lowest BCUT2D eigenvalue weighted by Crippen LogP contribution is -2.20. The summed E-state index contributed by atoms with van der Waals surface area (Å²) in [7, 11) is 0. The third-order valence-corrected chi connectivity index (χ3v) is 4.75. The van der Waals surface area contributed by atoms with Gasteiger partial charge in [-0.3, -0.25) is 4.79 Å². The zero-order valence-electron chi connectivity index (χ0n) is 15.2. The Morgan fingerprint density at radius 3 is 2.59 bits per heavy atom. The van der Waals surface area contributed by atoms with Crippen LogP contribution in [-0.4, -0.2) is 25.1 Å². The zero-order chi connectivity index (χ0) is 19.2. The molecule has 0 radical (unpaired) electrons. The summed E-state index contributed by atoms with van der Waals surface area (Å²) in [6.07, 6.45) is 4.59. The second kappa shape index (κ2) is 8.91. The number of amides is 1. The van der Waals surface area contributed by atoms with Crippen LogP contribution in [0, 0.1) is 0 Å². The van der Waals surface area contributed by atoms with Crippen LogP contribution in [0.1, 0.15) is 41.3 Å². The molecule has 0 atom stereocenters. The quantitative estimate of drug-likeness (QED) is 0.745. The van der Waals surface area contributed by atoms with Crippen molar-refractivity contribution in [3.8, 4) is 5.75 Å². The van der Waals surface area contributed by atoms with Crippen molar-refractivity contribution in [2.75, 3.05) is 18.5 Å². The lowest BCUT2D eigenvalue weighted by atomic mass is 9.92. The molecular formula is C21H22ClNO4. The molecule has 0 saturated heterocycles. The minimum absolute atomic E-state index is 0.101. The summed E-state index contributed by atoms with van der Waals surface area (Å²) in [4.78, 5) is 23.9. The van der Waals surface area contributed by atoms with E-state index in [1.54, 1.807) is 13.0 Å². The summed E-state index contributed by atoms with van der Waals surface area (Å²) in [5, 5.41) is 2.94. The van der Waals surface area contributed by atoms with Crippen LogP contribution in [0.15, 0.2) is 36.4 Å². The van der Waals surface area contributed by atoms with Gasteiger partial charge in [-0.1, -0.05) is 17.7 Å². The van der Waals surface area contributed by atoms with Gasteiger partial charge in [-0.05, 0) is 74.1 Å². The van der Waals surface area contributed by atoms with Gasteiger partial charge < -0.3 is 14.8 Å². The molecule has 0 aliphatic heterocycles. The van der Waals surface area contributed by atoms with E-state index in [0.29, 0.717) is 11.4 Å². The Kier molecular flexibility index (Phi) is 6.35. The predicted octanol–water partition coefficient (Wildman–Crippen LogP) is 4.41. The van der Waals surface area contributed by atoms with Crippen LogP contribution in [0.4, 0.5) is 5.69 Å². The average molecular weight is 388 g/mol. The summed E-state index contributed by atoms with van der Waals surface area (Å²) in [5.74, 6) is -0.0923. The van der Waals surface area contributed by atoms with Gasteiger partial charge in [0.25, 0.3) is 5.91 Å². The Morgan fingerprint density at radius 1 is 1.07 bits per heavy atom. The van der Waals surface area contributed by atoms with Crippen molar-refractivity contribution in [1.29, 1.82) is 0 Å². The van der Waals surface area contributed by atoms with Gasteiger partial charge in [-0.25, -0.2) is 4.79 Å². The number of benzene rings is 2. The van der Waals surface area contributed by atoms with E-state index in [1.165, 1.54) is 36.1 Å². The van der Waals surface area contributed by atoms with Crippen molar-refractivity contribution in [2.24, 2.45) is 0 Å². The van der Waals surface area contributed by atoms with Crippen LogP contribution in [0.25, 0.3) is 0 Å². The molecule has 1 aliphatic carbocycles. The minimum atomic E-state index is -0.490. The molecule has 5 nitrogen and oxygen atoms in total. The number of hydrogen-bond donors (Lipinski definition) is 1. The molecule has 0 spiro atoms. The number of halogens is 1. The fourth-order valence-electron chi connectivity index (χ4n) is 3.11. The molecule has 1 amide bonds. The highest BCUT2D eigenvalue weighted by Gasteiger charge is 2.14. The largest absolute Gasteiger partial charge is 0.484 e. The molecule has 6 heteroatoms. The lowest BCUT2D eigenvalue weighted by Gasteiger charge is -2.16. The topological polar surface area (TPSA) is 64.6 Å². The van der Waals surface area contributed by atoms with Gasteiger partial charge in [-0.2, -0.15) is 0 Å². The zero-order valence-corrected chi connectivity index (χ0v) is 16.0. The van der Waals surface area contributed by atoms with Crippen LogP contribution in [0.5, 0.6) is 5.75 Å². The minimum Gasteiger partial charge on any atom is -0.484 e. The van der Waals surface area contributed by atoms with Crippen LogP contribution in [0.3, 0.4) is 0 Å². The van der Waals surface area contributed by atoms with Gasteiger partial charge in [0, 0.05) is 5.69 Å². The van der Waals surface area contributed by atoms with Crippen LogP contribution >= 0.6 is 11.6 Å². The van der Waals surface area contributed by atoms with Gasteiger partial charge >= 0.3 is 5.97 Å². The molecule has 142 valence electrons. The maximum atomic E-state index is 12.1. The Bertz CT molecular complexity index is 850. The first-order valence-corrected chi connectivity index (χ1v) is 9.45. The highest BCUT2D eigenvalue weighted by Crippen LogP contribution is 2.25. The van der Waals surface area contributed by atoms with E-state index >= 15 is 0 Å². The first-order chi connectivity index (χ1) is 13.1. The predicted molar refractivity (Wildman–Crippen MR) is 105 cm³/mol. The Morgan fingerprint density at radius 2 is 1.85 bits per heavy atom. The van der Waals surface area contributed by atoms with E-state index in [0.717, 1.165) is 12.8 Å². The second-order valence-electron chi connectivity index (χ2n) is 6.39. The number of anilines is 1. The molecule has 2 aromatic carbocycles. The van der Waals surface area contributed by atoms with Gasteiger partial charge in [0.15, 0.2) is 6.61 Å². The Hall–Kier alpha value is -2.53. The summed E-state index contributed by atoms with van der Waals surface area (Å²) in [6, 6.07) is 10.7. The van der Waals surface area contributed by atoms with E-state index in [4.69, 9.17) is 21.1 Å². The van der Waals surface area contributed by atoms with E-state index in [1.807, 2.05) is 12.1 Å². The summed E-state index contributed by atoms with van der Waals surface area (Å²) < 4.78 is 10.5. The number of carbonyl (C=O) groups is 2. The maximum Gasteiger partial charge on any atom is 0.339 e. The number of nitrogens with one attached hydrogen (secondary N) is 1. The van der Waals surface area contributed by atoms with Crippen molar-refractivity contribution in [2.45, 2.75) is 32.6 Å². The van der Waals surface area contributed by atoms with Gasteiger partial charge in [0.05, 0.1) is 17.2 Å². The average Bonchev–Trinajstić information content (AvgIpc) is 2.66. The molecule has 0 fully saturated rings. The van der Waals surface area contributed by atoms with Gasteiger partial charge in [0.2, 0.25) is 0 Å². The number of rotatable bonds is 6. The van der Waals surface area contributed by atoms with Crippen molar-refractivity contribution in [1.82, 2.24) is 0 Å². The second-order valence-corrected chi connectivity index (χ2v) is 6.80. The molecule has 0 unspecified atom stereocenters. The summed E-state index contributed by atoms with van der Waals surface area (Å²) in [6.45, 7) is 1.90. The standard InChI is InChI=1S/C21H22ClNO4/c1-2-26-21(25)18-10-8-16(12-19(18)22)23-20(24)13-27-17-9-7-14-5-3-4-6-15(14)11-17/h7-12H,2-6,13H2,1H3,(H,23,24). The molecule has 0 heterocycles.